The van der Waals surface area contributed by atoms with Crippen molar-refractivity contribution in [1.82, 2.24) is 24.6 Å². The highest BCUT2D eigenvalue weighted by Crippen LogP contribution is 2.08. The number of H-pyrrole nitrogens is 1. The molecule has 1 atom stereocenters. The van der Waals surface area contributed by atoms with Gasteiger partial charge in [0.1, 0.15) is 11.7 Å². The first-order valence-corrected chi connectivity index (χ1v) is 10.3. The molecule has 0 aliphatic rings. The second-order valence-electron chi connectivity index (χ2n) is 7.46. The van der Waals surface area contributed by atoms with Gasteiger partial charge in [0.05, 0.1) is 24.8 Å². The fraction of sp³-hybridized carbons (Fsp3) is 0.167. The first-order valence-electron chi connectivity index (χ1n) is 10.3. The molecule has 0 saturated heterocycles. The normalized spacial score (nSPS) is 11.7. The molecule has 2 heterocycles. The lowest BCUT2D eigenvalue weighted by molar-refractivity contribution is -0.142. The Balaban J connectivity index is 1.47. The Kier molecular flexibility index (Phi) is 6.49. The van der Waals surface area contributed by atoms with Crippen molar-refractivity contribution in [2.75, 3.05) is 7.11 Å². The summed E-state index contributed by atoms with van der Waals surface area (Å²) in [5.74, 6) is -1.20. The highest BCUT2D eigenvalue weighted by atomic mass is 16.5. The Labute approximate surface area is 189 Å². The number of amides is 1. The second-order valence-corrected chi connectivity index (χ2v) is 7.46. The number of esters is 1. The summed E-state index contributed by atoms with van der Waals surface area (Å²) in [5.41, 5.74) is 1.98. The first-order chi connectivity index (χ1) is 16.0. The molecule has 4 aromatic rings. The van der Waals surface area contributed by atoms with Crippen molar-refractivity contribution < 1.29 is 14.3 Å². The van der Waals surface area contributed by atoms with Crippen molar-refractivity contribution >= 4 is 11.9 Å². The van der Waals surface area contributed by atoms with Crippen molar-refractivity contribution in [2.24, 2.45) is 0 Å². The van der Waals surface area contributed by atoms with Crippen LogP contribution in [-0.2, 0) is 22.5 Å². The number of benzene rings is 2. The van der Waals surface area contributed by atoms with Crippen LogP contribution in [-0.4, -0.2) is 44.4 Å². The number of methoxy groups -OCH3 is 1. The highest BCUT2D eigenvalue weighted by Gasteiger charge is 2.25. The number of aromatic amines is 1. The van der Waals surface area contributed by atoms with Gasteiger partial charge in [-0.05, 0) is 17.7 Å². The second kappa shape index (κ2) is 9.82. The van der Waals surface area contributed by atoms with E-state index >= 15 is 0 Å². The van der Waals surface area contributed by atoms with Crippen LogP contribution in [0.2, 0.25) is 0 Å². The van der Waals surface area contributed by atoms with Crippen LogP contribution < -0.4 is 10.9 Å². The summed E-state index contributed by atoms with van der Waals surface area (Å²) in [7, 11) is 1.25. The van der Waals surface area contributed by atoms with Crippen LogP contribution in [0, 0.1) is 0 Å². The number of aromatic nitrogens is 4. The third-order valence-corrected chi connectivity index (χ3v) is 5.08. The molecule has 0 radical (unpaired) electrons. The van der Waals surface area contributed by atoms with Crippen molar-refractivity contribution in [1.29, 1.82) is 0 Å². The van der Waals surface area contributed by atoms with Gasteiger partial charge in [-0.1, -0.05) is 48.5 Å². The Morgan fingerprint density at radius 1 is 1.09 bits per heavy atom. The molecule has 4 rings (SSSR count). The minimum absolute atomic E-state index is 0.0346. The van der Waals surface area contributed by atoms with E-state index in [4.69, 9.17) is 4.74 Å². The quantitative estimate of drug-likeness (QED) is 0.403. The molecule has 0 bridgehead atoms. The van der Waals surface area contributed by atoms with E-state index in [2.05, 4.69) is 15.4 Å². The average molecular weight is 445 g/mol. The van der Waals surface area contributed by atoms with E-state index in [0.29, 0.717) is 17.9 Å². The number of carbonyl (C=O) groups excluding carboxylic acids is 2. The zero-order valence-corrected chi connectivity index (χ0v) is 18.0. The topological polar surface area (TPSA) is 111 Å². The van der Waals surface area contributed by atoms with Crippen molar-refractivity contribution in [3.63, 3.8) is 0 Å². The minimum atomic E-state index is -0.967. The number of carbonyl (C=O) groups is 2. The van der Waals surface area contributed by atoms with Crippen molar-refractivity contribution in [3.8, 4) is 5.69 Å². The molecule has 0 aliphatic carbocycles. The molecule has 168 valence electrons. The summed E-state index contributed by atoms with van der Waals surface area (Å²) in [6, 6.07) is 19.0. The van der Waals surface area contributed by atoms with Gasteiger partial charge in [0, 0.05) is 25.2 Å². The fourth-order valence-electron chi connectivity index (χ4n) is 3.45. The van der Waals surface area contributed by atoms with Crippen LogP contribution in [0.4, 0.5) is 0 Å². The first kappa shape index (κ1) is 21.8. The zero-order chi connectivity index (χ0) is 23.2. The number of nitrogens with zero attached hydrogens (tertiary/aromatic N) is 3. The average Bonchev–Trinajstić information content (AvgIpc) is 3.45. The number of imidazole rings is 1. The number of para-hydroxylation sites is 1. The lowest BCUT2D eigenvalue weighted by atomic mass is 10.1. The lowest BCUT2D eigenvalue weighted by Crippen LogP contribution is -2.43. The Hall–Kier alpha value is -4.40. The van der Waals surface area contributed by atoms with Crippen molar-refractivity contribution in [3.05, 3.63) is 107 Å². The molecule has 33 heavy (non-hydrogen) atoms. The monoisotopic (exact) mass is 445 g/mol. The molecular formula is C24H23N5O4. The van der Waals surface area contributed by atoms with Crippen LogP contribution >= 0.6 is 0 Å². The number of nitrogens with one attached hydrogen (secondary N) is 2. The summed E-state index contributed by atoms with van der Waals surface area (Å²) in [6.45, 7) is 0.636. The molecule has 2 aromatic carbocycles. The van der Waals surface area contributed by atoms with E-state index in [1.165, 1.54) is 17.9 Å². The number of hydrogen-bond acceptors (Lipinski definition) is 5. The number of hydrogen-bond donors (Lipinski definition) is 2. The fourth-order valence-corrected chi connectivity index (χ4v) is 3.45. The van der Waals surface area contributed by atoms with Crippen LogP contribution in [0.25, 0.3) is 5.69 Å². The maximum atomic E-state index is 12.8. The highest BCUT2D eigenvalue weighted by molar-refractivity contribution is 5.95. The van der Waals surface area contributed by atoms with Gasteiger partial charge in [-0.2, -0.15) is 0 Å². The Morgan fingerprint density at radius 2 is 1.79 bits per heavy atom. The third-order valence-electron chi connectivity index (χ3n) is 5.08. The molecule has 0 saturated carbocycles. The van der Waals surface area contributed by atoms with Gasteiger partial charge in [0.2, 0.25) is 0 Å². The van der Waals surface area contributed by atoms with E-state index in [9.17, 15) is 14.4 Å². The van der Waals surface area contributed by atoms with Crippen LogP contribution in [0.1, 0.15) is 21.7 Å². The Bertz CT molecular complexity index is 1290. The predicted molar refractivity (Wildman–Crippen MR) is 121 cm³/mol. The molecule has 1 amide bonds. The van der Waals surface area contributed by atoms with E-state index in [0.717, 1.165) is 5.56 Å². The summed E-state index contributed by atoms with van der Waals surface area (Å²) < 4.78 is 8.01. The molecule has 0 aliphatic heterocycles. The standard InChI is InChI=1S/C24H23N5O4/c1-33-24(32)21(12-18-15-28(16-25-18)14-17-8-4-2-5-9-17)26-23(31)20-13-22(30)29(27-20)19-10-6-3-7-11-19/h2-11,13,15-16,21,27H,12,14H2,1H3,(H,26,31). The largest absolute Gasteiger partial charge is 0.467 e. The summed E-state index contributed by atoms with van der Waals surface area (Å²) >= 11 is 0. The third kappa shape index (κ3) is 5.27. The van der Waals surface area contributed by atoms with E-state index < -0.39 is 17.9 Å². The van der Waals surface area contributed by atoms with E-state index in [1.54, 1.807) is 30.6 Å². The summed E-state index contributed by atoms with van der Waals surface area (Å²) in [4.78, 5) is 41.8. The van der Waals surface area contributed by atoms with E-state index in [-0.39, 0.29) is 17.7 Å². The molecule has 0 fully saturated rings. The van der Waals surface area contributed by atoms with Gasteiger partial charge in [-0.25, -0.2) is 14.5 Å². The molecule has 2 aromatic heterocycles. The molecule has 9 heteroatoms. The maximum absolute atomic E-state index is 12.8. The minimum Gasteiger partial charge on any atom is -0.467 e. The molecule has 9 nitrogen and oxygen atoms in total. The maximum Gasteiger partial charge on any atom is 0.328 e. The van der Waals surface area contributed by atoms with Crippen molar-refractivity contribution in [2.45, 2.75) is 19.0 Å². The smallest absolute Gasteiger partial charge is 0.328 e. The molecule has 1 unspecified atom stereocenters. The van der Waals surface area contributed by atoms with Gasteiger partial charge in [0.15, 0.2) is 0 Å². The number of ether oxygens (including phenoxy) is 1. The summed E-state index contributed by atoms with van der Waals surface area (Å²) in [6.07, 6.45) is 3.64. The summed E-state index contributed by atoms with van der Waals surface area (Å²) in [5, 5.41) is 5.41. The van der Waals surface area contributed by atoms with Crippen LogP contribution in [0.5, 0.6) is 0 Å². The lowest BCUT2D eigenvalue weighted by Gasteiger charge is -2.15. The van der Waals surface area contributed by atoms with Gasteiger partial charge in [0.25, 0.3) is 11.5 Å². The molecule has 0 spiro atoms. The van der Waals surface area contributed by atoms with Crippen LogP contribution in [0.15, 0.2) is 84.0 Å². The SMILES string of the molecule is COC(=O)C(Cc1cn(Cc2ccccc2)cn1)NC(=O)c1cc(=O)n(-c2ccccc2)[nH]1. The van der Waals surface area contributed by atoms with Gasteiger partial charge < -0.3 is 14.6 Å². The van der Waals surface area contributed by atoms with Gasteiger partial charge in [-0.3, -0.25) is 14.7 Å². The van der Waals surface area contributed by atoms with Crippen LogP contribution in [0.3, 0.4) is 0 Å². The Morgan fingerprint density at radius 3 is 2.48 bits per heavy atom. The van der Waals surface area contributed by atoms with Gasteiger partial charge in [-0.15, -0.1) is 0 Å². The van der Waals surface area contributed by atoms with Gasteiger partial charge >= 0.3 is 5.97 Å². The number of rotatable bonds is 8. The van der Waals surface area contributed by atoms with E-state index in [1.807, 2.05) is 47.2 Å². The molecule has 2 N–H and O–H groups in total. The predicted octanol–water partition coefficient (Wildman–Crippen LogP) is 1.92. The zero-order valence-electron chi connectivity index (χ0n) is 18.0. The molecular weight excluding hydrogens is 422 g/mol.